The van der Waals surface area contributed by atoms with Crippen LogP contribution in [-0.4, -0.2) is 11.4 Å². The summed E-state index contributed by atoms with van der Waals surface area (Å²) in [6.07, 6.45) is 7.84. The van der Waals surface area contributed by atoms with Crippen LogP contribution >= 0.6 is 11.8 Å². The number of nitrogens with zero attached hydrogens (tertiary/aromatic N) is 1. The fourth-order valence-corrected chi connectivity index (χ4v) is 1.92. The lowest BCUT2D eigenvalue weighted by molar-refractivity contribution is -0.107. The van der Waals surface area contributed by atoms with E-state index in [1.807, 2.05) is 0 Å². The Bertz CT molecular complexity index is 279. The number of unbranched alkanes of at least 4 members (excludes halogenated alkanes) is 2. The molecule has 0 amide bonds. The van der Waals surface area contributed by atoms with E-state index in [1.165, 1.54) is 0 Å². The minimum absolute atomic E-state index is 0.0790. The van der Waals surface area contributed by atoms with Crippen molar-refractivity contribution in [1.82, 2.24) is 0 Å². The maximum absolute atomic E-state index is 11.6. The second-order valence-electron chi connectivity index (χ2n) is 3.79. The van der Waals surface area contributed by atoms with Gasteiger partial charge in [0.15, 0.2) is 0 Å². The van der Waals surface area contributed by atoms with Crippen molar-refractivity contribution in [2.75, 3.05) is 6.26 Å². The standard InChI is InChI=1S/C13H21NOS/c1-4-6-8-11(9-7-5-2)12(10-14)13(15)16-3/h4-9H2,1-3H3. The molecule has 0 aliphatic carbocycles. The van der Waals surface area contributed by atoms with Crippen molar-refractivity contribution >= 4 is 16.9 Å². The highest BCUT2D eigenvalue weighted by Gasteiger charge is 2.13. The fraction of sp³-hybridized carbons (Fsp3) is 0.692. The molecule has 16 heavy (non-hydrogen) atoms. The van der Waals surface area contributed by atoms with Crippen LogP contribution in [0.3, 0.4) is 0 Å². The summed E-state index contributed by atoms with van der Waals surface area (Å²) in [4.78, 5) is 11.6. The topological polar surface area (TPSA) is 40.9 Å². The lowest BCUT2D eigenvalue weighted by Crippen LogP contribution is -2.00. The monoisotopic (exact) mass is 239 g/mol. The first-order valence-corrected chi connectivity index (χ1v) is 7.14. The Balaban J connectivity index is 4.82. The van der Waals surface area contributed by atoms with Gasteiger partial charge in [0.1, 0.15) is 11.6 Å². The maximum atomic E-state index is 11.6. The first-order chi connectivity index (χ1) is 7.71. The van der Waals surface area contributed by atoms with Gasteiger partial charge in [0.05, 0.1) is 0 Å². The van der Waals surface area contributed by atoms with E-state index in [2.05, 4.69) is 19.9 Å². The van der Waals surface area contributed by atoms with E-state index in [0.29, 0.717) is 5.57 Å². The smallest absolute Gasteiger partial charge is 0.229 e. The first kappa shape index (κ1) is 15.2. The molecule has 0 radical (unpaired) electrons. The maximum Gasteiger partial charge on any atom is 0.229 e. The lowest BCUT2D eigenvalue weighted by Gasteiger charge is -2.08. The third-order valence-corrected chi connectivity index (χ3v) is 3.09. The summed E-state index contributed by atoms with van der Waals surface area (Å²) in [5, 5.41) is 8.98. The van der Waals surface area contributed by atoms with Crippen LogP contribution in [0, 0.1) is 11.3 Å². The highest BCUT2D eigenvalue weighted by molar-refractivity contribution is 8.13. The van der Waals surface area contributed by atoms with Crippen LogP contribution in [0.5, 0.6) is 0 Å². The second-order valence-corrected chi connectivity index (χ2v) is 4.57. The molecule has 0 aliphatic rings. The van der Waals surface area contributed by atoms with E-state index in [4.69, 9.17) is 5.26 Å². The molecular weight excluding hydrogens is 218 g/mol. The van der Waals surface area contributed by atoms with Crippen LogP contribution in [-0.2, 0) is 4.79 Å². The van der Waals surface area contributed by atoms with Gasteiger partial charge >= 0.3 is 0 Å². The number of allylic oxidation sites excluding steroid dienone is 1. The third kappa shape index (κ3) is 5.37. The molecule has 0 heterocycles. The van der Waals surface area contributed by atoms with Gasteiger partial charge in [0.2, 0.25) is 5.12 Å². The zero-order valence-electron chi connectivity index (χ0n) is 10.5. The molecule has 0 saturated heterocycles. The molecule has 0 unspecified atom stereocenters. The summed E-state index contributed by atoms with van der Waals surface area (Å²) in [7, 11) is 0. The number of nitriles is 1. The SMILES string of the molecule is CCCCC(CCCC)=C(C#N)C(=O)SC. The number of hydrogen-bond donors (Lipinski definition) is 0. The van der Waals surface area contributed by atoms with Gasteiger partial charge in [-0.1, -0.05) is 38.5 Å². The highest BCUT2D eigenvalue weighted by Crippen LogP contribution is 2.22. The van der Waals surface area contributed by atoms with Gasteiger partial charge in [-0.2, -0.15) is 5.26 Å². The van der Waals surface area contributed by atoms with Crippen molar-refractivity contribution < 1.29 is 4.79 Å². The molecule has 0 rings (SSSR count). The molecule has 0 bridgehead atoms. The average Bonchev–Trinajstić information content (AvgIpc) is 2.32. The van der Waals surface area contributed by atoms with E-state index in [9.17, 15) is 4.79 Å². The molecule has 0 fully saturated rings. The minimum atomic E-state index is -0.0790. The highest BCUT2D eigenvalue weighted by atomic mass is 32.2. The Morgan fingerprint density at radius 2 is 1.69 bits per heavy atom. The molecular formula is C13H21NOS. The molecule has 90 valence electrons. The Kier molecular flexibility index (Phi) is 9.03. The fourth-order valence-electron chi connectivity index (χ4n) is 1.53. The molecule has 0 aromatic heterocycles. The van der Waals surface area contributed by atoms with E-state index < -0.39 is 0 Å². The summed E-state index contributed by atoms with van der Waals surface area (Å²) in [5.74, 6) is 0. The molecule has 0 saturated carbocycles. The van der Waals surface area contributed by atoms with E-state index in [-0.39, 0.29) is 5.12 Å². The van der Waals surface area contributed by atoms with Gasteiger partial charge in [-0.25, -0.2) is 0 Å². The van der Waals surface area contributed by atoms with Gasteiger partial charge in [-0.05, 0) is 37.5 Å². The molecule has 0 aliphatic heterocycles. The van der Waals surface area contributed by atoms with Gasteiger partial charge in [0.25, 0.3) is 0 Å². The quantitative estimate of drug-likeness (QED) is 0.496. The van der Waals surface area contributed by atoms with Gasteiger partial charge < -0.3 is 0 Å². The summed E-state index contributed by atoms with van der Waals surface area (Å²) >= 11 is 1.13. The lowest BCUT2D eigenvalue weighted by atomic mass is 9.98. The normalized spacial score (nSPS) is 9.62. The summed E-state index contributed by atoms with van der Waals surface area (Å²) in [6.45, 7) is 4.25. The Labute approximate surface area is 103 Å². The van der Waals surface area contributed by atoms with Gasteiger partial charge in [-0.15, -0.1) is 0 Å². The van der Waals surface area contributed by atoms with Crippen LogP contribution in [0.25, 0.3) is 0 Å². The van der Waals surface area contributed by atoms with Crippen molar-refractivity contribution in [2.45, 2.75) is 52.4 Å². The summed E-state index contributed by atoms with van der Waals surface area (Å²) < 4.78 is 0. The number of carbonyl (C=O) groups is 1. The number of carbonyl (C=O) groups excluding carboxylic acids is 1. The van der Waals surface area contributed by atoms with Gasteiger partial charge in [0, 0.05) is 0 Å². The van der Waals surface area contributed by atoms with Crippen molar-refractivity contribution in [3.8, 4) is 6.07 Å². The average molecular weight is 239 g/mol. The molecule has 0 aromatic carbocycles. The molecule has 3 heteroatoms. The van der Waals surface area contributed by atoms with Crippen LogP contribution in [0.1, 0.15) is 52.4 Å². The van der Waals surface area contributed by atoms with Crippen LogP contribution in [0.15, 0.2) is 11.1 Å². The van der Waals surface area contributed by atoms with Crippen molar-refractivity contribution in [2.24, 2.45) is 0 Å². The molecule has 0 aromatic rings. The zero-order valence-corrected chi connectivity index (χ0v) is 11.3. The van der Waals surface area contributed by atoms with Crippen molar-refractivity contribution in [3.63, 3.8) is 0 Å². The molecule has 0 spiro atoms. The predicted octanol–water partition coefficient (Wildman–Crippen LogP) is 4.08. The Hall–Kier alpha value is -0.750. The van der Waals surface area contributed by atoms with Crippen molar-refractivity contribution in [3.05, 3.63) is 11.1 Å². The van der Waals surface area contributed by atoms with Crippen LogP contribution in [0.2, 0.25) is 0 Å². The number of thioether (sulfide) groups is 1. The van der Waals surface area contributed by atoms with Crippen LogP contribution in [0.4, 0.5) is 0 Å². The minimum Gasteiger partial charge on any atom is -0.281 e. The Morgan fingerprint density at radius 1 is 1.19 bits per heavy atom. The number of hydrogen-bond acceptors (Lipinski definition) is 3. The number of rotatable bonds is 7. The van der Waals surface area contributed by atoms with E-state index >= 15 is 0 Å². The first-order valence-electron chi connectivity index (χ1n) is 5.91. The second kappa shape index (κ2) is 9.47. The van der Waals surface area contributed by atoms with Crippen molar-refractivity contribution in [1.29, 1.82) is 5.26 Å². The van der Waals surface area contributed by atoms with Gasteiger partial charge in [-0.3, -0.25) is 4.79 Å². The largest absolute Gasteiger partial charge is 0.281 e. The summed E-state index contributed by atoms with van der Waals surface area (Å²) in [5.41, 5.74) is 1.46. The molecule has 2 nitrogen and oxygen atoms in total. The summed E-state index contributed by atoms with van der Waals surface area (Å²) in [6, 6.07) is 2.08. The van der Waals surface area contributed by atoms with E-state index in [0.717, 1.165) is 55.9 Å². The van der Waals surface area contributed by atoms with Crippen LogP contribution < -0.4 is 0 Å². The molecule has 0 atom stereocenters. The predicted molar refractivity (Wildman–Crippen MR) is 70.2 cm³/mol. The van der Waals surface area contributed by atoms with E-state index in [1.54, 1.807) is 6.26 Å². The molecule has 0 N–H and O–H groups in total. The Morgan fingerprint density at radius 3 is 2.00 bits per heavy atom. The third-order valence-electron chi connectivity index (χ3n) is 2.52. The zero-order chi connectivity index (χ0) is 12.4.